The van der Waals surface area contributed by atoms with E-state index < -0.39 is 0 Å². The van der Waals surface area contributed by atoms with Crippen molar-refractivity contribution >= 4 is 34.0 Å². The van der Waals surface area contributed by atoms with Crippen molar-refractivity contribution in [3.05, 3.63) is 21.8 Å². The number of nitriles is 1. The molecule has 0 radical (unpaired) electrons. The Morgan fingerprint density at radius 3 is 2.69 bits per heavy atom. The molecule has 2 aliphatic rings. The molecule has 2 aliphatic carbocycles. The summed E-state index contributed by atoms with van der Waals surface area (Å²) in [6.45, 7) is 9.78. The van der Waals surface area contributed by atoms with Crippen LogP contribution in [0.4, 0.5) is 5.00 Å². The predicted octanol–water partition coefficient (Wildman–Crippen LogP) is 5.77. The van der Waals surface area contributed by atoms with Crippen LogP contribution in [0.2, 0.25) is 0 Å². The fraction of sp³-hybridized carbons (Fsp3) is 0.667. The molecule has 1 N–H and O–H groups in total. The number of nitrogens with one attached hydrogen (secondary N) is 1. The first kappa shape index (κ1) is 23.3. The van der Waals surface area contributed by atoms with Crippen LogP contribution in [0.25, 0.3) is 0 Å². The minimum atomic E-state index is -0.0921. The number of thioether (sulfide) groups is 1. The van der Waals surface area contributed by atoms with E-state index in [1.54, 1.807) is 11.3 Å². The van der Waals surface area contributed by atoms with Crippen molar-refractivity contribution in [1.29, 1.82) is 5.26 Å². The van der Waals surface area contributed by atoms with Gasteiger partial charge >= 0.3 is 0 Å². The van der Waals surface area contributed by atoms with Gasteiger partial charge in [-0.1, -0.05) is 45.4 Å². The van der Waals surface area contributed by atoms with Gasteiger partial charge in [-0.05, 0) is 55.9 Å². The summed E-state index contributed by atoms with van der Waals surface area (Å²) in [4.78, 5) is 14.0. The van der Waals surface area contributed by atoms with E-state index in [2.05, 4.69) is 53.8 Å². The van der Waals surface area contributed by atoms with Gasteiger partial charge in [0.25, 0.3) is 0 Å². The Morgan fingerprint density at radius 2 is 2.03 bits per heavy atom. The van der Waals surface area contributed by atoms with E-state index >= 15 is 0 Å². The summed E-state index contributed by atoms with van der Waals surface area (Å²) >= 11 is 3.02. The van der Waals surface area contributed by atoms with Gasteiger partial charge in [0.1, 0.15) is 16.9 Å². The third kappa shape index (κ3) is 4.74. The largest absolute Gasteiger partial charge is 0.316 e. The highest BCUT2D eigenvalue weighted by molar-refractivity contribution is 7.99. The molecule has 1 fully saturated rings. The van der Waals surface area contributed by atoms with Gasteiger partial charge < -0.3 is 9.88 Å². The lowest BCUT2D eigenvalue weighted by atomic mass is 9.72. The van der Waals surface area contributed by atoms with E-state index in [4.69, 9.17) is 0 Å². The van der Waals surface area contributed by atoms with Gasteiger partial charge in [-0.25, -0.2) is 0 Å². The second-order valence-electron chi connectivity index (χ2n) is 10.0. The molecule has 2 heterocycles. The van der Waals surface area contributed by atoms with Crippen molar-refractivity contribution in [1.82, 2.24) is 14.8 Å². The lowest BCUT2D eigenvalue weighted by Crippen LogP contribution is -2.26. The van der Waals surface area contributed by atoms with Crippen molar-refractivity contribution in [3.8, 4) is 6.07 Å². The smallest absolute Gasteiger partial charge is 0.235 e. The molecule has 6 nitrogen and oxygen atoms in total. The topological polar surface area (TPSA) is 83.6 Å². The van der Waals surface area contributed by atoms with E-state index in [-0.39, 0.29) is 17.1 Å². The second kappa shape index (κ2) is 9.56. The van der Waals surface area contributed by atoms with Crippen LogP contribution < -0.4 is 5.32 Å². The number of fused-ring (bicyclic) bond motifs is 1. The standard InChI is InChI=1S/C24H33N5OS2/c1-5-29-21(15-8-6-7-9-15)27-28-23(29)31-14-20(30)26-22-18(13-25)17-11-10-16(24(2,3)4)12-19(17)32-22/h15-16H,5-12,14H2,1-4H3,(H,26,30). The predicted molar refractivity (Wildman–Crippen MR) is 130 cm³/mol. The number of anilines is 1. The lowest BCUT2D eigenvalue weighted by Gasteiger charge is -2.33. The number of nitrogens with zero attached hydrogens (tertiary/aromatic N) is 4. The molecule has 0 aliphatic heterocycles. The second-order valence-corrected chi connectivity index (χ2v) is 12.1. The molecule has 2 aromatic rings. The van der Waals surface area contributed by atoms with Gasteiger partial charge in [-0.15, -0.1) is 21.5 Å². The zero-order valence-corrected chi connectivity index (χ0v) is 21.2. The number of thiophene rings is 1. The molecule has 1 saturated carbocycles. The van der Waals surface area contributed by atoms with Gasteiger partial charge in [-0.3, -0.25) is 4.79 Å². The summed E-state index contributed by atoms with van der Waals surface area (Å²) in [5.74, 6) is 2.34. The summed E-state index contributed by atoms with van der Waals surface area (Å²) in [6.07, 6.45) is 7.89. The van der Waals surface area contributed by atoms with Crippen LogP contribution in [0.3, 0.4) is 0 Å². The Balaban J connectivity index is 1.42. The maximum Gasteiger partial charge on any atom is 0.235 e. The molecule has 4 rings (SSSR count). The fourth-order valence-electron chi connectivity index (χ4n) is 5.01. The molecular weight excluding hydrogens is 438 g/mol. The highest BCUT2D eigenvalue weighted by Crippen LogP contribution is 2.44. The number of hydrogen-bond acceptors (Lipinski definition) is 6. The van der Waals surface area contributed by atoms with Gasteiger partial charge in [-0.2, -0.15) is 5.26 Å². The summed E-state index contributed by atoms with van der Waals surface area (Å²) in [6, 6.07) is 2.35. The third-order valence-electron chi connectivity index (χ3n) is 6.97. The molecule has 2 aromatic heterocycles. The van der Waals surface area contributed by atoms with Crippen LogP contribution in [0, 0.1) is 22.7 Å². The van der Waals surface area contributed by atoms with E-state index in [9.17, 15) is 10.1 Å². The van der Waals surface area contributed by atoms with Gasteiger partial charge in [0, 0.05) is 17.3 Å². The first-order valence-corrected chi connectivity index (χ1v) is 13.5. The lowest BCUT2D eigenvalue weighted by molar-refractivity contribution is -0.113. The molecule has 1 atom stereocenters. The Bertz CT molecular complexity index is 1020. The zero-order valence-electron chi connectivity index (χ0n) is 19.5. The Morgan fingerprint density at radius 1 is 1.28 bits per heavy atom. The number of rotatable bonds is 6. The molecule has 32 heavy (non-hydrogen) atoms. The van der Waals surface area contributed by atoms with Crippen LogP contribution >= 0.6 is 23.1 Å². The number of carbonyl (C=O) groups is 1. The minimum Gasteiger partial charge on any atom is -0.316 e. The fourth-order valence-corrected chi connectivity index (χ4v) is 7.12. The van der Waals surface area contributed by atoms with Crippen LogP contribution in [0.1, 0.15) is 87.5 Å². The van der Waals surface area contributed by atoms with Crippen LogP contribution in [-0.4, -0.2) is 26.4 Å². The number of hydrogen-bond donors (Lipinski definition) is 1. The zero-order chi connectivity index (χ0) is 22.9. The SMILES string of the molecule is CCn1c(SCC(=O)Nc2sc3c(c2C#N)CCC(C(C)(C)C)C3)nnc1C1CCCC1. The van der Waals surface area contributed by atoms with Crippen molar-refractivity contribution in [2.45, 2.75) is 90.3 Å². The molecule has 0 aromatic carbocycles. The highest BCUT2D eigenvalue weighted by atomic mass is 32.2. The third-order valence-corrected chi connectivity index (χ3v) is 9.11. The van der Waals surface area contributed by atoms with E-state index in [0.29, 0.717) is 22.4 Å². The molecule has 1 unspecified atom stereocenters. The Labute approximate surface area is 199 Å². The normalized spacial score (nSPS) is 19.0. The summed E-state index contributed by atoms with van der Waals surface area (Å²) in [7, 11) is 0. The maximum atomic E-state index is 12.8. The molecule has 0 saturated heterocycles. The molecule has 0 bridgehead atoms. The molecule has 8 heteroatoms. The van der Waals surface area contributed by atoms with E-state index in [0.717, 1.165) is 42.4 Å². The van der Waals surface area contributed by atoms with Crippen molar-refractivity contribution in [2.75, 3.05) is 11.1 Å². The Hall–Kier alpha value is -1.85. The molecule has 0 spiro atoms. The number of carbonyl (C=O) groups excluding carboxylic acids is 1. The van der Waals surface area contributed by atoms with Gasteiger partial charge in [0.15, 0.2) is 5.16 Å². The van der Waals surface area contributed by atoms with Crippen LogP contribution in [0.15, 0.2) is 5.16 Å². The molecular formula is C24H33N5OS2. The van der Waals surface area contributed by atoms with Crippen molar-refractivity contribution in [3.63, 3.8) is 0 Å². The number of aromatic nitrogens is 3. The Kier molecular flexibility index (Phi) is 6.97. The average Bonchev–Trinajstić information content (AvgIpc) is 3.48. The molecule has 1 amide bonds. The van der Waals surface area contributed by atoms with Crippen molar-refractivity contribution < 1.29 is 4.79 Å². The highest BCUT2D eigenvalue weighted by Gasteiger charge is 2.32. The number of amides is 1. The minimum absolute atomic E-state index is 0.0921. The summed E-state index contributed by atoms with van der Waals surface area (Å²) < 4.78 is 2.16. The molecule has 172 valence electrons. The van der Waals surface area contributed by atoms with Crippen molar-refractivity contribution in [2.24, 2.45) is 11.3 Å². The van der Waals surface area contributed by atoms with E-state index in [1.807, 2.05) is 0 Å². The monoisotopic (exact) mass is 471 g/mol. The quantitative estimate of drug-likeness (QED) is 0.541. The van der Waals surface area contributed by atoms with E-state index in [1.165, 1.54) is 42.3 Å². The average molecular weight is 472 g/mol. The first-order chi connectivity index (χ1) is 15.3. The first-order valence-electron chi connectivity index (χ1n) is 11.7. The summed E-state index contributed by atoms with van der Waals surface area (Å²) in [5.41, 5.74) is 2.06. The van der Waals surface area contributed by atoms with Crippen LogP contribution in [-0.2, 0) is 24.2 Å². The van der Waals surface area contributed by atoms with Crippen LogP contribution in [0.5, 0.6) is 0 Å². The maximum absolute atomic E-state index is 12.8. The van der Waals surface area contributed by atoms with Gasteiger partial charge in [0.2, 0.25) is 5.91 Å². The summed E-state index contributed by atoms with van der Waals surface area (Å²) in [5, 5.41) is 23.1. The van der Waals surface area contributed by atoms with Gasteiger partial charge in [0.05, 0.1) is 11.3 Å².